The van der Waals surface area contributed by atoms with E-state index in [4.69, 9.17) is 21.7 Å². The minimum absolute atomic E-state index is 0.0654. The van der Waals surface area contributed by atoms with Gasteiger partial charge in [0.05, 0.1) is 24.7 Å². The molecular formula is C16H17NO4S2. The number of ether oxygens (including phenoxy) is 2. The fourth-order valence-corrected chi connectivity index (χ4v) is 3.86. The molecule has 1 atom stereocenters. The van der Waals surface area contributed by atoms with Crippen molar-refractivity contribution in [3.8, 4) is 11.5 Å². The van der Waals surface area contributed by atoms with Gasteiger partial charge in [-0.15, -0.1) is 0 Å². The number of benzene rings is 1. The van der Waals surface area contributed by atoms with Gasteiger partial charge in [0, 0.05) is 6.61 Å². The van der Waals surface area contributed by atoms with Gasteiger partial charge in [0.1, 0.15) is 4.32 Å². The van der Waals surface area contributed by atoms with Crippen LogP contribution in [0, 0.1) is 0 Å². The second-order valence-electron chi connectivity index (χ2n) is 5.36. The Balaban J connectivity index is 1.78. The third-order valence-electron chi connectivity index (χ3n) is 3.79. The maximum atomic E-state index is 12.5. The van der Waals surface area contributed by atoms with Gasteiger partial charge in [-0.1, -0.05) is 30.0 Å². The molecule has 0 aliphatic carbocycles. The van der Waals surface area contributed by atoms with Crippen LogP contribution < -0.4 is 4.74 Å². The lowest BCUT2D eigenvalue weighted by atomic mass is 10.2. The van der Waals surface area contributed by atoms with Crippen molar-refractivity contribution >= 4 is 40.3 Å². The highest BCUT2D eigenvalue weighted by atomic mass is 32.2. The Labute approximate surface area is 144 Å². The molecule has 2 heterocycles. The first-order valence-corrected chi connectivity index (χ1v) is 8.55. The zero-order chi connectivity index (χ0) is 16.4. The fourth-order valence-electron chi connectivity index (χ4n) is 2.58. The molecule has 2 aliphatic heterocycles. The summed E-state index contributed by atoms with van der Waals surface area (Å²) in [5.41, 5.74) is 0.775. The number of thiocarbonyl (C=S) groups is 1. The van der Waals surface area contributed by atoms with Crippen molar-refractivity contribution in [1.82, 2.24) is 4.90 Å². The number of nitrogens with zero attached hydrogens (tertiary/aromatic N) is 1. The van der Waals surface area contributed by atoms with Crippen LogP contribution >= 0.6 is 24.0 Å². The SMILES string of the molecule is COc1cc(/C=C2\SC(=S)N(C[C@H]3CCCO3)C2=O)ccc1O. The predicted molar refractivity (Wildman–Crippen MR) is 93.5 cm³/mol. The van der Waals surface area contributed by atoms with Crippen LogP contribution in [0.5, 0.6) is 11.5 Å². The van der Waals surface area contributed by atoms with Crippen molar-refractivity contribution in [2.24, 2.45) is 0 Å². The number of carbonyl (C=O) groups excluding carboxylic acids is 1. The minimum Gasteiger partial charge on any atom is -0.504 e. The van der Waals surface area contributed by atoms with Crippen LogP contribution in [0.3, 0.4) is 0 Å². The summed E-state index contributed by atoms with van der Waals surface area (Å²) in [7, 11) is 1.49. The lowest BCUT2D eigenvalue weighted by Gasteiger charge is -2.18. The molecule has 122 valence electrons. The first kappa shape index (κ1) is 16.3. The number of aromatic hydroxyl groups is 1. The van der Waals surface area contributed by atoms with E-state index >= 15 is 0 Å². The highest BCUT2D eigenvalue weighted by Gasteiger charge is 2.34. The van der Waals surface area contributed by atoms with E-state index in [2.05, 4.69) is 0 Å². The van der Waals surface area contributed by atoms with Gasteiger partial charge >= 0.3 is 0 Å². The third-order valence-corrected chi connectivity index (χ3v) is 5.16. The van der Waals surface area contributed by atoms with E-state index in [0.29, 0.717) is 21.5 Å². The van der Waals surface area contributed by atoms with E-state index in [1.165, 1.54) is 24.9 Å². The molecule has 3 rings (SSSR count). The number of hydrogen-bond acceptors (Lipinski definition) is 6. The molecule has 0 saturated carbocycles. The first-order chi connectivity index (χ1) is 11.1. The van der Waals surface area contributed by atoms with Crippen LogP contribution in [-0.2, 0) is 9.53 Å². The average Bonchev–Trinajstić information content (AvgIpc) is 3.14. The zero-order valence-electron chi connectivity index (χ0n) is 12.7. The standard InChI is InChI=1S/C16H17NO4S2/c1-20-13-7-10(4-5-12(13)18)8-14-15(19)17(16(22)23-14)9-11-3-2-6-21-11/h4-5,7-8,11,18H,2-3,6,9H2,1H3/b14-8-/t11-/m1/s1. The summed E-state index contributed by atoms with van der Waals surface area (Å²) >= 11 is 6.61. The largest absolute Gasteiger partial charge is 0.504 e. The lowest BCUT2D eigenvalue weighted by molar-refractivity contribution is -0.123. The fraction of sp³-hybridized carbons (Fsp3) is 0.375. The van der Waals surface area contributed by atoms with Crippen molar-refractivity contribution < 1.29 is 19.4 Å². The Kier molecular flexibility index (Phi) is 4.89. The highest BCUT2D eigenvalue weighted by Crippen LogP contribution is 2.35. The van der Waals surface area contributed by atoms with Crippen molar-refractivity contribution in [3.63, 3.8) is 0 Å². The molecule has 1 N–H and O–H groups in total. The molecular weight excluding hydrogens is 334 g/mol. The third kappa shape index (κ3) is 3.52. The van der Waals surface area contributed by atoms with Crippen LogP contribution in [0.1, 0.15) is 18.4 Å². The molecule has 1 aromatic rings. The molecule has 5 nitrogen and oxygen atoms in total. The van der Waals surface area contributed by atoms with Crippen molar-refractivity contribution in [3.05, 3.63) is 28.7 Å². The Hall–Kier alpha value is -1.57. The number of rotatable bonds is 4. The van der Waals surface area contributed by atoms with Crippen LogP contribution in [0.15, 0.2) is 23.1 Å². The topological polar surface area (TPSA) is 59.0 Å². The molecule has 7 heteroatoms. The number of phenols is 1. The maximum absolute atomic E-state index is 12.5. The zero-order valence-corrected chi connectivity index (χ0v) is 14.3. The summed E-state index contributed by atoms with van der Waals surface area (Å²) < 4.78 is 11.2. The number of carbonyl (C=O) groups is 1. The summed E-state index contributed by atoms with van der Waals surface area (Å²) in [5.74, 6) is 0.340. The van der Waals surface area contributed by atoms with E-state index in [1.807, 2.05) is 0 Å². The van der Waals surface area contributed by atoms with Crippen molar-refractivity contribution in [2.45, 2.75) is 18.9 Å². The lowest BCUT2D eigenvalue weighted by Crippen LogP contribution is -2.35. The smallest absolute Gasteiger partial charge is 0.266 e. The number of hydrogen-bond donors (Lipinski definition) is 1. The van der Waals surface area contributed by atoms with Crippen LogP contribution in [0.2, 0.25) is 0 Å². The molecule has 0 radical (unpaired) electrons. The minimum atomic E-state index is -0.0949. The van der Waals surface area contributed by atoms with Gasteiger partial charge in [-0.05, 0) is 36.6 Å². The van der Waals surface area contributed by atoms with Gasteiger partial charge in [-0.3, -0.25) is 9.69 Å². The van der Waals surface area contributed by atoms with E-state index in [1.54, 1.807) is 23.1 Å². The second-order valence-corrected chi connectivity index (χ2v) is 7.03. The maximum Gasteiger partial charge on any atom is 0.266 e. The Morgan fingerprint density at radius 3 is 3.09 bits per heavy atom. The van der Waals surface area contributed by atoms with E-state index in [0.717, 1.165) is 25.0 Å². The average molecular weight is 351 g/mol. The van der Waals surface area contributed by atoms with Gasteiger partial charge in [-0.25, -0.2) is 0 Å². The summed E-state index contributed by atoms with van der Waals surface area (Å²) in [4.78, 5) is 14.7. The van der Waals surface area contributed by atoms with Crippen LogP contribution in [0.4, 0.5) is 0 Å². The molecule has 0 spiro atoms. The van der Waals surface area contributed by atoms with Crippen LogP contribution in [0.25, 0.3) is 6.08 Å². The Bertz CT molecular complexity index is 668. The summed E-state index contributed by atoms with van der Waals surface area (Å²) in [6.45, 7) is 1.27. The summed E-state index contributed by atoms with van der Waals surface area (Å²) in [6, 6.07) is 4.95. The molecule has 0 aromatic heterocycles. The molecule has 0 bridgehead atoms. The molecule has 2 saturated heterocycles. The second kappa shape index (κ2) is 6.90. The van der Waals surface area contributed by atoms with Crippen molar-refractivity contribution in [1.29, 1.82) is 0 Å². The van der Waals surface area contributed by atoms with Crippen LogP contribution in [-0.4, -0.2) is 46.6 Å². The van der Waals surface area contributed by atoms with Gasteiger partial charge in [0.15, 0.2) is 11.5 Å². The first-order valence-electron chi connectivity index (χ1n) is 7.32. The quantitative estimate of drug-likeness (QED) is 0.665. The van der Waals surface area contributed by atoms with Gasteiger partial charge in [0.2, 0.25) is 0 Å². The molecule has 1 amide bonds. The Morgan fingerprint density at radius 2 is 2.39 bits per heavy atom. The molecule has 0 unspecified atom stereocenters. The number of phenolic OH excluding ortho intramolecular Hbond substituents is 1. The summed E-state index contributed by atoms with van der Waals surface area (Å²) in [5, 5.41) is 9.63. The predicted octanol–water partition coefficient (Wildman–Crippen LogP) is 2.78. The van der Waals surface area contributed by atoms with Gasteiger partial charge in [0.25, 0.3) is 5.91 Å². The molecule has 2 fully saturated rings. The van der Waals surface area contributed by atoms with Crippen molar-refractivity contribution in [2.75, 3.05) is 20.3 Å². The molecule has 23 heavy (non-hydrogen) atoms. The monoisotopic (exact) mass is 351 g/mol. The highest BCUT2D eigenvalue weighted by molar-refractivity contribution is 8.26. The van der Waals surface area contributed by atoms with E-state index in [-0.39, 0.29) is 17.8 Å². The number of methoxy groups -OCH3 is 1. The number of thioether (sulfide) groups is 1. The number of amides is 1. The van der Waals surface area contributed by atoms with E-state index in [9.17, 15) is 9.90 Å². The Morgan fingerprint density at radius 1 is 1.57 bits per heavy atom. The van der Waals surface area contributed by atoms with Gasteiger partial charge in [-0.2, -0.15) is 0 Å². The normalized spacial score (nSPS) is 23.1. The summed E-state index contributed by atoms with van der Waals surface area (Å²) in [6.07, 6.45) is 3.83. The van der Waals surface area contributed by atoms with E-state index < -0.39 is 0 Å². The molecule has 1 aromatic carbocycles. The molecule has 2 aliphatic rings. The van der Waals surface area contributed by atoms with Gasteiger partial charge < -0.3 is 14.6 Å².